The van der Waals surface area contributed by atoms with Crippen molar-refractivity contribution in [3.8, 4) is 0 Å². The summed E-state index contributed by atoms with van der Waals surface area (Å²) in [5.41, 5.74) is 0.784. The topological polar surface area (TPSA) is 21.3 Å². The fraction of sp³-hybridized carbons (Fsp3) is 0.625. The summed E-state index contributed by atoms with van der Waals surface area (Å²) >= 11 is 0. The Morgan fingerprint density at radius 1 is 1.32 bits per heavy atom. The molecular formula is C16H22FNO. The zero-order valence-corrected chi connectivity index (χ0v) is 11.4. The first kappa shape index (κ1) is 13.1. The number of hydrogen-bond donors (Lipinski definition) is 1. The molecule has 2 fully saturated rings. The first-order valence-electron chi connectivity index (χ1n) is 7.41. The quantitative estimate of drug-likeness (QED) is 0.878. The molecule has 1 aliphatic carbocycles. The Bertz CT molecular complexity index is 433. The number of benzene rings is 1. The van der Waals surface area contributed by atoms with Crippen LogP contribution in [-0.2, 0) is 4.74 Å². The lowest BCUT2D eigenvalue weighted by molar-refractivity contribution is 0.0786. The van der Waals surface area contributed by atoms with Crippen LogP contribution < -0.4 is 5.32 Å². The van der Waals surface area contributed by atoms with Crippen molar-refractivity contribution in [3.05, 3.63) is 35.6 Å². The molecule has 1 N–H and O–H groups in total. The smallest absolute Gasteiger partial charge is 0.127 e. The third-order valence-corrected chi connectivity index (χ3v) is 4.33. The molecule has 0 radical (unpaired) electrons. The van der Waals surface area contributed by atoms with Crippen molar-refractivity contribution in [3.63, 3.8) is 0 Å². The van der Waals surface area contributed by atoms with Crippen molar-refractivity contribution in [1.29, 1.82) is 0 Å². The van der Waals surface area contributed by atoms with E-state index in [1.165, 1.54) is 12.8 Å². The summed E-state index contributed by atoms with van der Waals surface area (Å²) in [6.45, 7) is 2.94. The third-order valence-electron chi connectivity index (χ3n) is 4.33. The summed E-state index contributed by atoms with van der Waals surface area (Å²) in [6.07, 6.45) is 4.88. The first-order valence-corrected chi connectivity index (χ1v) is 7.41. The van der Waals surface area contributed by atoms with E-state index >= 15 is 0 Å². The van der Waals surface area contributed by atoms with Crippen molar-refractivity contribution in [2.24, 2.45) is 5.92 Å². The molecule has 2 aliphatic rings. The van der Waals surface area contributed by atoms with Crippen LogP contribution in [0.2, 0.25) is 0 Å². The van der Waals surface area contributed by atoms with Crippen LogP contribution in [-0.4, -0.2) is 18.8 Å². The van der Waals surface area contributed by atoms with E-state index in [1.807, 2.05) is 12.1 Å². The van der Waals surface area contributed by atoms with Crippen LogP contribution in [0, 0.1) is 11.7 Å². The van der Waals surface area contributed by atoms with Gasteiger partial charge in [0.1, 0.15) is 5.82 Å². The van der Waals surface area contributed by atoms with Crippen molar-refractivity contribution in [2.75, 3.05) is 6.61 Å². The van der Waals surface area contributed by atoms with Gasteiger partial charge in [-0.1, -0.05) is 25.1 Å². The van der Waals surface area contributed by atoms with E-state index in [9.17, 15) is 4.39 Å². The van der Waals surface area contributed by atoms with Crippen molar-refractivity contribution >= 4 is 0 Å². The van der Waals surface area contributed by atoms with Gasteiger partial charge >= 0.3 is 0 Å². The number of nitrogens with one attached hydrogen (secondary N) is 1. The number of hydrogen-bond acceptors (Lipinski definition) is 2. The molecule has 104 valence electrons. The minimum Gasteiger partial charge on any atom is -0.376 e. The molecule has 0 spiro atoms. The summed E-state index contributed by atoms with van der Waals surface area (Å²) in [6, 6.07) is 7.57. The van der Waals surface area contributed by atoms with Gasteiger partial charge in [0.15, 0.2) is 0 Å². The Balaban J connectivity index is 1.71. The molecule has 0 aromatic heterocycles. The monoisotopic (exact) mass is 263 g/mol. The van der Waals surface area contributed by atoms with Crippen LogP contribution in [0.1, 0.15) is 44.2 Å². The summed E-state index contributed by atoms with van der Waals surface area (Å²) in [5, 5.41) is 3.63. The molecule has 3 atom stereocenters. The standard InChI is InChI=1S/C16H22FNO/c1-2-14(12-5-3-4-6-13(12)17)18-15-9-10-19-16(15)11-7-8-11/h3-6,11,14-16,18H,2,7-10H2,1H3. The largest absolute Gasteiger partial charge is 0.376 e. The normalized spacial score (nSPS) is 28.5. The Morgan fingerprint density at radius 2 is 2.11 bits per heavy atom. The molecule has 2 nitrogen and oxygen atoms in total. The van der Waals surface area contributed by atoms with Gasteiger partial charge in [-0.25, -0.2) is 4.39 Å². The summed E-state index contributed by atoms with van der Waals surface area (Å²) in [5.74, 6) is 0.627. The van der Waals surface area contributed by atoms with Gasteiger partial charge < -0.3 is 10.1 Å². The Morgan fingerprint density at radius 3 is 2.79 bits per heavy atom. The zero-order valence-electron chi connectivity index (χ0n) is 11.4. The molecule has 1 saturated heterocycles. The van der Waals surface area contributed by atoms with Crippen molar-refractivity contribution < 1.29 is 9.13 Å². The van der Waals surface area contributed by atoms with Gasteiger partial charge in [0.25, 0.3) is 0 Å². The molecule has 0 amide bonds. The predicted octanol–water partition coefficient (Wildman–Crippen LogP) is 3.43. The first-order chi connectivity index (χ1) is 9.29. The van der Waals surface area contributed by atoms with Crippen LogP contribution in [0.4, 0.5) is 4.39 Å². The lowest BCUT2D eigenvalue weighted by Gasteiger charge is -2.26. The van der Waals surface area contributed by atoms with E-state index in [-0.39, 0.29) is 11.9 Å². The molecule has 1 aromatic rings. The van der Waals surface area contributed by atoms with Gasteiger partial charge in [0.2, 0.25) is 0 Å². The van der Waals surface area contributed by atoms with Crippen LogP contribution in [0.5, 0.6) is 0 Å². The maximum absolute atomic E-state index is 13.9. The maximum atomic E-state index is 13.9. The molecule has 1 heterocycles. The fourth-order valence-corrected chi connectivity index (χ4v) is 3.12. The molecule has 3 heteroatoms. The van der Waals surface area contributed by atoms with Crippen molar-refractivity contribution in [2.45, 2.75) is 50.8 Å². The Labute approximate surface area is 114 Å². The van der Waals surface area contributed by atoms with Crippen molar-refractivity contribution in [1.82, 2.24) is 5.32 Å². The Kier molecular flexibility index (Phi) is 3.85. The van der Waals surface area contributed by atoms with E-state index in [0.29, 0.717) is 12.1 Å². The Hall–Kier alpha value is -0.930. The molecule has 0 bridgehead atoms. The maximum Gasteiger partial charge on any atom is 0.127 e. The second-order valence-electron chi connectivity index (χ2n) is 5.72. The molecule has 1 saturated carbocycles. The predicted molar refractivity (Wildman–Crippen MR) is 73.4 cm³/mol. The van der Waals surface area contributed by atoms with Gasteiger partial charge in [-0.2, -0.15) is 0 Å². The van der Waals surface area contributed by atoms with Crippen LogP contribution in [0.3, 0.4) is 0 Å². The molecule has 3 rings (SSSR count). The van der Waals surface area contributed by atoms with Gasteiger partial charge in [-0.05, 0) is 37.7 Å². The molecule has 1 aromatic carbocycles. The fourth-order valence-electron chi connectivity index (χ4n) is 3.12. The van der Waals surface area contributed by atoms with Crippen LogP contribution >= 0.6 is 0 Å². The highest BCUT2D eigenvalue weighted by atomic mass is 19.1. The number of rotatable bonds is 5. The number of halogens is 1. The molecule has 19 heavy (non-hydrogen) atoms. The average molecular weight is 263 g/mol. The van der Waals surface area contributed by atoms with Crippen LogP contribution in [0.15, 0.2) is 24.3 Å². The second-order valence-corrected chi connectivity index (χ2v) is 5.72. The number of ether oxygens (including phenoxy) is 1. The minimum absolute atomic E-state index is 0.0918. The molecular weight excluding hydrogens is 241 g/mol. The minimum atomic E-state index is -0.108. The molecule has 3 unspecified atom stereocenters. The van der Waals surface area contributed by atoms with E-state index in [0.717, 1.165) is 30.9 Å². The summed E-state index contributed by atoms with van der Waals surface area (Å²) < 4.78 is 19.7. The van der Waals surface area contributed by atoms with E-state index in [1.54, 1.807) is 12.1 Å². The van der Waals surface area contributed by atoms with Gasteiger partial charge in [0, 0.05) is 24.3 Å². The third kappa shape index (κ3) is 2.82. The highest BCUT2D eigenvalue weighted by Gasteiger charge is 2.41. The van der Waals surface area contributed by atoms with E-state index in [2.05, 4.69) is 12.2 Å². The van der Waals surface area contributed by atoms with Gasteiger partial charge in [-0.3, -0.25) is 0 Å². The summed E-state index contributed by atoms with van der Waals surface area (Å²) in [7, 11) is 0. The van der Waals surface area contributed by atoms with Crippen LogP contribution in [0.25, 0.3) is 0 Å². The van der Waals surface area contributed by atoms with Gasteiger partial charge in [0.05, 0.1) is 6.10 Å². The van der Waals surface area contributed by atoms with E-state index < -0.39 is 0 Å². The van der Waals surface area contributed by atoms with E-state index in [4.69, 9.17) is 4.74 Å². The SMILES string of the molecule is CCC(NC1CCOC1C1CC1)c1ccccc1F. The highest BCUT2D eigenvalue weighted by molar-refractivity contribution is 5.21. The second kappa shape index (κ2) is 5.59. The zero-order chi connectivity index (χ0) is 13.2. The lowest BCUT2D eigenvalue weighted by Crippen LogP contribution is -2.40. The average Bonchev–Trinajstić information content (AvgIpc) is 3.17. The summed E-state index contributed by atoms with van der Waals surface area (Å²) in [4.78, 5) is 0. The lowest BCUT2D eigenvalue weighted by atomic mass is 9.99. The highest BCUT2D eigenvalue weighted by Crippen LogP contribution is 2.39. The van der Waals surface area contributed by atoms with Gasteiger partial charge in [-0.15, -0.1) is 0 Å². The molecule has 1 aliphatic heterocycles.